The fraction of sp³-hybridized carbons (Fsp3) is 0.179. The van der Waals surface area contributed by atoms with Gasteiger partial charge in [0.25, 0.3) is 5.91 Å². The second-order valence-corrected chi connectivity index (χ2v) is 9.47. The lowest BCUT2D eigenvalue weighted by Crippen LogP contribution is -2.31. The predicted octanol–water partition coefficient (Wildman–Crippen LogP) is 7.54. The van der Waals surface area contributed by atoms with Crippen LogP contribution in [0, 0.1) is 30.2 Å². The summed E-state index contributed by atoms with van der Waals surface area (Å²) in [4.78, 5) is 15.6. The second kappa shape index (κ2) is 11.5. The van der Waals surface area contributed by atoms with E-state index < -0.39 is 35.5 Å². The lowest BCUT2D eigenvalue weighted by molar-refractivity contribution is 0.0950. The largest absolute Gasteiger partial charge is 0.348 e. The van der Waals surface area contributed by atoms with Gasteiger partial charge in [0.1, 0.15) is 23.3 Å². The zero-order chi connectivity index (χ0) is 26.6. The summed E-state index contributed by atoms with van der Waals surface area (Å²) >= 11 is 1.58. The zero-order valence-electron chi connectivity index (χ0n) is 20.0. The van der Waals surface area contributed by atoms with Crippen molar-refractivity contribution in [3.63, 3.8) is 0 Å². The maximum absolute atomic E-state index is 14.6. The fourth-order valence-electron chi connectivity index (χ4n) is 3.83. The first kappa shape index (κ1) is 27.1. The summed E-state index contributed by atoms with van der Waals surface area (Å²) in [5.74, 6) is -4.05. The van der Waals surface area contributed by atoms with Crippen molar-refractivity contribution in [3.05, 3.63) is 119 Å². The molecule has 1 aliphatic rings. The number of hydrogen-bond donors (Lipinski definition) is 1. The van der Waals surface area contributed by atoms with E-state index in [0.29, 0.717) is 23.4 Å². The number of nitrogens with zero attached hydrogens (tertiary/aromatic N) is 1. The Morgan fingerprint density at radius 1 is 1.03 bits per heavy atom. The molecule has 1 aliphatic heterocycles. The van der Waals surface area contributed by atoms with Crippen LogP contribution in [-0.4, -0.2) is 11.2 Å². The SMILES string of the molecule is C=C.C=C1C(C)Sc2ccc(C(=O)NCc3c(F)cc(F)cc3F)cc2N1Cc1c(C)cccc1F.[HH]. The third-order valence-electron chi connectivity index (χ3n) is 5.83. The molecule has 1 atom stereocenters. The highest BCUT2D eigenvalue weighted by molar-refractivity contribution is 8.00. The van der Waals surface area contributed by atoms with Gasteiger partial charge in [-0.25, -0.2) is 17.6 Å². The smallest absolute Gasteiger partial charge is 0.251 e. The molecule has 3 aromatic rings. The minimum atomic E-state index is -1.07. The number of carbonyl (C=O) groups excluding carboxylic acids is 1. The number of halogens is 4. The normalized spacial score (nSPS) is 14.6. The van der Waals surface area contributed by atoms with Gasteiger partial charge in [-0.05, 0) is 43.7 Å². The van der Waals surface area contributed by atoms with Crippen molar-refractivity contribution in [3.8, 4) is 0 Å². The van der Waals surface area contributed by atoms with E-state index in [9.17, 15) is 22.4 Å². The molecule has 3 nitrogen and oxygen atoms in total. The van der Waals surface area contributed by atoms with Crippen molar-refractivity contribution >= 4 is 23.4 Å². The van der Waals surface area contributed by atoms with Crippen LogP contribution in [-0.2, 0) is 13.1 Å². The van der Waals surface area contributed by atoms with Crippen molar-refractivity contribution in [2.24, 2.45) is 0 Å². The number of carbonyl (C=O) groups is 1. The Hall–Kier alpha value is -3.52. The molecule has 1 N–H and O–H groups in total. The molecule has 0 saturated heterocycles. The summed E-state index contributed by atoms with van der Waals surface area (Å²) in [6, 6.07) is 11.1. The van der Waals surface area contributed by atoms with E-state index in [-0.39, 0.29) is 24.6 Å². The standard InChI is InChI=1S/C26H22F4N2OS.C2H4.H2/c1-14-5-4-6-21(28)20(14)13-32-15(2)16(3)34-25-8-7-17(9-24(25)32)26(33)31-12-19-22(29)10-18(27)11-23(19)30;1-2;/h4-11,16H,2,12-13H2,1,3H3,(H,31,33);1-2H2;1H. The Labute approximate surface area is 214 Å². The van der Waals surface area contributed by atoms with Crippen molar-refractivity contribution in [2.45, 2.75) is 37.1 Å². The number of benzene rings is 3. The van der Waals surface area contributed by atoms with Crippen LogP contribution >= 0.6 is 11.8 Å². The van der Waals surface area contributed by atoms with E-state index in [4.69, 9.17) is 0 Å². The molecule has 0 aliphatic carbocycles. The molecular formula is C28H28F4N2OS. The number of fused-ring (bicyclic) bond motifs is 1. The van der Waals surface area contributed by atoms with Gasteiger partial charge in [0.15, 0.2) is 0 Å². The third kappa shape index (κ3) is 5.65. The maximum atomic E-state index is 14.6. The Morgan fingerprint density at radius 3 is 2.33 bits per heavy atom. The van der Waals surface area contributed by atoms with Gasteiger partial charge in [-0.2, -0.15) is 0 Å². The molecule has 0 bridgehead atoms. The second-order valence-electron chi connectivity index (χ2n) is 8.09. The Bertz CT molecular complexity index is 1270. The van der Waals surface area contributed by atoms with Crippen LogP contribution in [0.3, 0.4) is 0 Å². The molecule has 3 aromatic carbocycles. The molecule has 190 valence electrons. The van der Waals surface area contributed by atoms with Crippen LogP contribution in [0.25, 0.3) is 0 Å². The molecular weight excluding hydrogens is 488 g/mol. The number of aryl methyl sites for hydroxylation is 1. The number of anilines is 1. The van der Waals surface area contributed by atoms with Gasteiger partial charge in [-0.1, -0.05) is 18.7 Å². The first-order valence-electron chi connectivity index (χ1n) is 11.1. The third-order valence-corrected chi connectivity index (χ3v) is 7.06. The van der Waals surface area contributed by atoms with Crippen molar-refractivity contribution in [1.29, 1.82) is 0 Å². The number of thioether (sulfide) groups is 1. The van der Waals surface area contributed by atoms with Crippen LogP contribution < -0.4 is 10.2 Å². The predicted molar refractivity (Wildman–Crippen MR) is 139 cm³/mol. The Morgan fingerprint density at radius 2 is 1.69 bits per heavy atom. The van der Waals surface area contributed by atoms with E-state index in [0.717, 1.165) is 16.2 Å². The van der Waals surface area contributed by atoms with Crippen LogP contribution in [0.2, 0.25) is 0 Å². The molecule has 1 amide bonds. The molecule has 0 radical (unpaired) electrons. The zero-order valence-corrected chi connectivity index (χ0v) is 20.8. The van der Waals surface area contributed by atoms with Crippen molar-refractivity contribution < 1.29 is 23.8 Å². The van der Waals surface area contributed by atoms with Crippen molar-refractivity contribution in [1.82, 2.24) is 5.32 Å². The van der Waals surface area contributed by atoms with E-state index in [1.807, 2.05) is 24.8 Å². The van der Waals surface area contributed by atoms with E-state index >= 15 is 0 Å². The lowest BCUT2D eigenvalue weighted by Gasteiger charge is -2.37. The summed E-state index contributed by atoms with van der Waals surface area (Å²) in [5.41, 5.74) is 2.64. The van der Waals surface area contributed by atoms with Gasteiger partial charge in [0.2, 0.25) is 0 Å². The Balaban J connectivity index is 0.00000157. The molecule has 8 heteroatoms. The topological polar surface area (TPSA) is 32.3 Å². The number of rotatable bonds is 5. The number of hydrogen-bond acceptors (Lipinski definition) is 3. The molecule has 0 aromatic heterocycles. The van der Waals surface area contributed by atoms with Gasteiger partial charge in [-0.3, -0.25) is 4.79 Å². The quantitative estimate of drug-likeness (QED) is 0.281. The molecule has 1 unspecified atom stereocenters. The highest BCUT2D eigenvalue weighted by atomic mass is 32.2. The summed E-state index contributed by atoms with van der Waals surface area (Å²) < 4.78 is 55.5. The monoisotopic (exact) mass is 516 g/mol. The van der Waals surface area contributed by atoms with Gasteiger partial charge in [-0.15, -0.1) is 24.9 Å². The summed E-state index contributed by atoms with van der Waals surface area (Å²) in [5, 5.41) is 2.52. The molecule has 1 heterocycles. The van der Waals surface area contributed by atoms with Gasteiger partial charge in [0, 0.05) is 52.6 Å². The average molecular weight is 517 g/mol. The summed E-state index contributed by atoms with van der Waals surface area (Å²) in [6.07, 6.45) is 0. The first-order chi connectivity index (χ1) is 17.2. The fourth-order valence-corrected chi connectivity index (χ4v) is 4.91. The Kier molecular flexibility index (Phi) is 8.63. The highest BCUT2D eigenvalue weighted by Crippen LogP contribution is 2.44. The van der Waals surface area contributed by atoms with Gasteiger partial charge >= 0.3 is 0 Å². The lowest BCUT2D eigenvalue weighted by atomic mass is 10.1. The summed E-state index contributed by atoms with van der Waals surface area (Å²) in [7, 11) is 0. The average Bonchev–Trinajstić information content (AvgIpc) is 2.84. The molecule has 0 spiro atoms. The van der Waals surface area contributed by atoms with E-state index in [1.54, 1.807) is 36.0 Å². The van der Waals surface area contributed by atoms with E-state index in [1.165, 1.54) is 6.07 Å². The minimum absolute atomic E-state index is 0. The van der Waals surface area contributed by atoms with E-state index in [2.05, 4.69) is 25.1 Å². The molecule has 0 saturated carbocycles. The van der Waals surface area contributed by atoms with Crippen LogP contribution in [0.1, 0.15) is 35.4 Å². The van der Waals surface area contributed by atoms with Crippen LogP contribution in [0.4, 0.5) is 23.2 Å². The molecule has 36 heavy (non-hydrogen) atoms. The number of amides is 1. The van der Waals surface area contributed by atoms with Crippen LogP contribution in [0.15, 0.2) is 78.9 Å². The maximum Gasteiger partial charge on any atom is 0.251 e. The minimum Gasteiger partial charge on any atom is -0.348 e. The van der Waals surface area contributed by atoms with Gasteiger partial charge < -0.3 is 10.2 Å². The highest BCUT2D eigenvalue weighted by Gasteiger charge is 2.28. The first-order valence-corrected chi connectivity index (χ1v) is 12.0. The molecule has 4 rings (SSSR count). The summed E-state index contributed by atoms with van der Waals surface area (Å²) in [6.45, 7) is 13.8. The van der Waals surface area contributed by atoms with Crippen LogP contribution in [0.5, 0.6) is 0 Å². The number of nitrogens with one attached hydrogen (secondary N) is 1. The van der Waals surface area contributed by atoms with Crippen molar-refractivity contribution in [2.75, 3.05) is 4.90 Å². The van der Waals surface area contributed by atoms with Gasteiger partial charge in [0.05, 0.1) is 12.2 Å². The molecule has 0 fully saturated rings.